The van der Waals surface area contributed by atoms with Gasteiger partial charge in [-0.1, -0.05) is 12.1 Å². The molecule has 0 radical (unpaired) electrons. The Morgan fingerprint density at radius 1 is 1.00 bits per heavy atom. The fraction of sp³-hybridized carbons (Fsp3) is 0.133. The zero-order valence-corrected chi connectivity index (χ0v) is 13.8. The fourth-order valence-electron chi connectivity index (χ4n) is 1.74. The lowest BCUT2D eigenvalue weighted by atomic mass is 10.2. The molecule has 0 spiro atoms. The summed E-state index contributed by atoms with van der Waals surface area (Å²) in [7, 11) is 3.11. The van der Waals surface area contributed by atoms with Gasteiger partial charge in [-0.25, -0.2) is 4.79 Å². The van der Waals surface area contributed by atoms with Gasteiger partial charge in [-0.2, -0.15) is 0 Å². The summed E-state index contributed by atoms with van der Waals surface area (Å²) in [5.74, 6) is 1.20. The Bertz CT molecular complexity index is 647. The first-order chi connectivity index (χ1) is 10.1. The van der Waals surface area contributed by atoms with Gasteiger partial charge in [0.25, 0.3) is 0 Å². The lowest BCUT2D eigenvalue weighted by Gasteiger charge is -2.13. The summed E-state index contributed by atoms with van der Waals surface area (Å²) in [6, 6.07) is 12.4. The summed E-state index contributed by atoms with van der Waals surface area (Å²) in [5.41, 5.74) is 1.32. The minimum atomic E-state index is -0.331. The van der Waals surface area contributed by atoms with E-state index in [0.29, 0.717) is 17.2 Å². The first kappa shape index (κ1) is 15.4. The molecule has 110 valence electrons. The second-order valence-electron chi connectivity index (χ2n) is 4.13. The molecule has 0 fully saturated rings. The summed E-state index contributed by atoms with van der Waals surface area (Å²) in [5, 5.41) is 5.55. The first-order valence-electron chi connectivity index (χ1n) is 6.18. The number of hydrogen-bond donors (Lipinski definition) is 2. The number of anilines is 2. The molecule has 2 N–H and O–H groups in total. The Morgan fingerprint density at radius 3 is 2.38 bits per heavy atom. The van der Waals surface area contributed by atoms with E-state index in [4.69, 9.17) is 9.47 Å². The Kier molecular flexibility index (Phi) is 5.26. The molecule has 2 aromatic carbocycles. The minimum absolute atomic E-state index is 0.331. The van der Waals surface area contributed by atoms with Crippen LogP contribution in [0.3, 0.4) is 0 Å². The van der Waals surface area contributed by atoms with E-state index in [0.717, 1.165) is 9.26 Å². The largest absolute Gasteiger partial charge is 0.497 e. The zero-order valence-electron chi connectivity index (χ0n) is 11.6. The summed E-state index contributed by atoms with van der Waals surface area (Å²) in [6.45, 7) is 0. The van der Waals surface area contributed by atoms with Gasteiger partial charge in [0.1, 0.15) is 11.5 Å². The lowest BCUT2D eigenvalue weighted by Crippen LogP contribution is -2.20. The Morgan fingerprint density at radius 2 is 1.71 bits per heavy atom. The normalized spacial score (nSPS) is 9.86. The highest BCUT2D eigenvalue weighted by Crippen LogP contribution is 2.29. The standard InChI is InChI=1S/C15H15IN2O3/c1-20-10-7-8-13(14(9-10)21-2)18-15(19)17-12-6-4-3-5-11(12)16/h3-9H,1-2H3,(H2,17,18,19). The van der Waals surface area contributed by atoms with Crippen LogP contribution >= 0.6 is 22.6 Å². The molecule has 0 bridgehead atoms. The molecule has 5 nitrogen and oxygen atoms in total. The van der Waals surface area contributed by atoms with Crippen molar-refractivity contribution >= 4 is 40.0 Å². The quantitative estimate of drug-likeness (QED) is 0.767. The van der Waals surface area contributed by atoms with Gasteiger partial charge in [-0.05, 0) is 46.9 Å². The second-order valence-corrected chi connectivity index (χ2v) is 5.29. The van der Waals surface area contributed by atoms with Crippen molar-refractivity contribution in [3.05, 3.63) is 46.0 Å². The van der Waals surface area contributed by atoms with Crippen LogP contribution in [0.1, 0.15) is 0 Å². The molecule has 0 atom stereocenters. The second kappa shape index (κ2) is 7.16. The summed E-state index contributed by atoms with van der Waals surface area (Å²) < 4.78 is 11.3. The maximum absolute atomic E-state index is 12.0. The number of benzene rings is 2. The highest BCUT2D eigenvalue weighted by molar-refractivity contribution is 14.1. The van der Waals surface area contributed by atoms with E-state index in [1.165, 1.54) is 7.11 Å². The molecule has 0 aliphatic carbocycles. The number of amides is 2. The predicted octanol–water partition coefficient (Wildman–Crippen LogP) is 3.95. The van der Waals surface area contributed by atoms with Crippen LogP contribution in [0.5, 0.6) is 11.5 Å². The van der Waals surface area contributed by atoms with Crippen LogP contribution in [0.15, 0.2) is 42.5 Å². The number of ether oxygens (including phenoxy) is 2. The molecule has 0 aromatic heterocycles. The molecule has 0 unspecified atom stereocenters. The number of carbonyl (C=O) groups excluding carboxylic acids is 1. The number of methoxy groups -OCH3 is 2. The molecule has 21 heavy (non-hydrogen) atoms. The third-order valence-electron chi connectivity index (χ3n) is 2.78. The number of carbonyl (C=O) groups is 1. The smallest absolute Gasteiger partial charge is 0.323 e. The molecule has 0 aliphatic heterocycles. The lowest BCUT2D eigenvalue weighted by molar-refractivity contribution is 0.262. The molecule has 6 heteroatoms. The van der Waals surface area contributed by atoms with E-state index in [-0.39, 0.29) is 6.03 Å². The molecular weight excluding hydrogens is 383 g/mol. The minimum Gasteiger partial charge on any atom is -0.497 e. The van der Waals surface area contributed by atoms with Crippen LogP contribution < -0.4 is 20.1 Å². The van der Waals surface area contributed by atoms with Crippen LogP contribution in [0.2, 0.25) is 0 Å². The van der Waals surface area contributed by atoms with Crippen molar-refractivity contribution in [1.82, 2.24) is 0 Å². The number of para-hydroxylation sites is 1. The summed E-state index contributed by atoms with van der Waals surface area (Å²) in [4.78, 5) is 12.0. The monoisotopic (exact) mass is 398 g/mol. The van der Waals surface area contributed by atoms with E-state index >= 15 is 0 Å². The van der Waals surface area contributed by atoms with Crippen LogP contribution in [0, 0.1) is 3.57 Å². The van der Waals surface area contributed by atoms with Crippen LogP contribution in [0.4, 0.5) is 16.2 Å². The van der Waals surface area contributed by atoms with Crippen LogP contribution in [0.25, 0.3) is 0 Å². The fourth-order valence-corrected chi connectivity index (χ4v) is 2.26. The van der Waals surface area contributed by atoms with Gasteiger partial charge >= 0.3 is 6.03 Å². The third kappa shape index (κ3) is 4.01. The van der Waals surface area contributed by atoms with Crippen LogP contribution in [-0.2, 0) is 0 Å². The van der Waals surface area contributed by atoms with Crippen molar-refractivity contribution in [3.8, 4) is 11.5 Å². The number of rotatable bonds is 4. The number of urea groups is 1. The van der Waals surface area contributed by atoms with E-state index in [1.54, 1.807) is 25.3 Å². The van der Waals surface area contributed by atoms with Gasteiger partial charge in [-0.15, -0.1) is 0 Å². The SMILES string of the molecule is COc1ccc(NC(=O)Nc2ccccc2I)c(OC)c1. The van der Waals surface area contributed by atoms with E-state index < -0.39 is 0 Å². The molecule has 0 saturated carbocycles. The molecule has 2 aromatic rings. The number of halogens is 1. The van der Waals surface area contributed by atoms with E-state index in [2.05, 4.69) is 33.2 Å². The first-order valence-corrected chi connectivity index (χ1v) is 7.26. The maximum Gasteiger partial charge on any atom is 0.323 e. The average Bonchev–Trinajstić information content (AvgIpc) is 2.50. The molecule has 0 heterocycles. The topological polar surface area (TPSA) is 59.6 Å². The number of nitrogens with one attached hydrogen (secondary N) is 2. The highest BCUT2D eigenvalue weighted by atomic mass is 127. The van der Waals surface area contributed by atoms with Gasteiger partial charge in [0.2, 0.25) is 0 Å². The van der Waals surface area contributed by atoms with Gasteiger partial charge in [0.05, 0.1) is 25.6 Å². The highest BCUT2D eigenvalue weighted by Gasteiger charge is 2.10. The molecular formula is C15H15IN2O3. The Hall–Kier alpha value is -1.96. The summed E-state index contributed by atoms with van der Waals surface area (Å²) in [6.07, 6.45) is 0. The Labute approximate surface area is 136 Å². The third-order valence-corrected chi connectivity index (χ3v) is 3.72. The average molecular weight is 398 g/mol. The van der Waals surface area contributed by atoms with E-state index in [9.17, 15) is 4.79 Å². The van der Waals surface area contributed by atoms with Crippen molar-refractivity contribution < 1.29 is 14.3 Å². The van der Waals surface area contributed by atoms with Crippen molar-refractivity contribution in [2.45, 2.75) is 0 Å². The van der Waals surface area contributed by atoms with Gasteiger partial charge in [0, 0.05) is 9.64 Å². The van der Waals surface area contributed by atoms with Gasteiger partial charge in [-0.3, -0.25) is 0 Å². The molecule has 2 rings (SSSR count). The van der Waals surface area contributed by atoms with Gasteiger partial charge in [0.15, 0.2) is 0 Å². The molecule has 2 amide bonds. The van der Waals surface area contributed by atoms with E-state index in [1.807, 2.05) is 24.3 Å². The van der Waals surface area contributed by atoms with Gasteiger partial charge < -0.3 is 20.1 Å². The van der Waals surface area contributed by atoms with Crippen molar-refractivity contribution in [2.75, 3.05) is 24.9 Å². The maximum atomic E-state index is 12.0. The van der Waals surface area contributed by atoms with Crippen molar-refractivity contribution in [3.63, 3.8) is 0 Å². The Balaban J connectivity index is 2.11. The van der Waals surface area contributed by atoms with Crippen LogP contribution in [-0.4, -0.2) is 20.3 Å². The van der Waals surface area contributed by atoms with Crippen molar-refractivity contribution in [2.24, 2.45) is 0 Å². The summed E-state index contributed by atoms with van der Waals surface area (Å²) >= 11 is 2.16. The molecule has 0 saturated heterocycles. The van der Waals surface area contributed by atoms with Crippen molar-refractivity contribution in [1.29, 1.82) is 0 Å². The molecule has 0 aliphatic rings. The predicted molar refractivity (Wildman–Crippen MR) is 91.3 cm³/mol. The number of hydrogen-bond acceptors (Lipinski definition) is 3. The zero-order chi connectivity index (χ0) is 15.2.